The number of aliphatic hydroxyl groups excluding tert-OH is 2. The highest BCUT2D eigenvalue weighted by atomic mass is 16.6. The van der Waals surface area contributed by atoms with Gasteiger partial charge in [0.15, 0.2) is 23.2 Å². The number of anilines is 2. The van der Waals surface area contributed by atoms with Gasteiger partial charge in [-0.05, 0) is 6.92 Å². The van der Waals surface area contributed by atoms with Crippen molar-refractivity contribution >= 4 is 22.9 Å². The first-order valence-corrected chi connectivity index (χ1v) is 6.47. The molecule has 1 aliphatic rings. The van der Waals surface area contributed by atoms with E-state index in [-0.39, 0.29) is 22.9 Å². The van der Waals surface area contributed by atoms with E-state index in [0.29, 0.717) is 0 Å². The summed E-state index contributed by atoms with van der Waals surface area (Å²) in [5.74, 6) is -0.124. The number of aliphatic hydroxyl groups is 3. The van der Waals surface area contributed by atoms with Gasteiger partial charge in [0.2, 0.25) is 5.95 Å². The molecule has 0 saturated carbocycles. The SMILES string of the molecule is C[C@@]1(O)[C@H](O)[C@@H](CO)O[C@H]1n1cnc2c(NO)nc(N)nc21. The van der Waals surface area contributed by atoms with Crippen molar-refractivity contribution < 1.29 is 25.3 Å². The molecule has 2 aromatic rings. The van der Waals surface area contributed by atoms with Gasteiger partial charge in [0, 0.05) is 0 Å². The van der Waals surface area contributed by atoms with Crippen molar-refractivity contribution in [3.05, 3.63) is 6.33 Å². The maximum atomic E-state index is 10.5. The minimum Gasteiger partial charge on any atom is -0.394 e. The van der Waals surface area contributed by atoms with E-state index in [1.165, 1.54) is 17.8 Å². The third-order valence-corrected chi connectivity index (χ3v) is 3.73. The fraction of sp³-hybridized carbons (Fsp3) is 0.545. The Labute approximate surface area is 124 Å². The van der Waals surface area contributed by atoms with Crippen LogP contribution in [0, 0.1) is 0 Å². The van der Waals surface area contributed by atoms with Crippen molar-refractivity contribution in [2.45, 2.75) is 31.0 Å². The summed E-state index contributed by atoms with van der Waals surface area (Å²) in [7, 11) is 0. The Morgan fingerprint density at radius 1 is 1.50 bits per heavy atom. The van der Waals surface area contributed by atoms with Crippen LogP contribution in [0.15, 0.2) is 6.33 Å². The number of nitrogens with one attached hydrogen (secondary N) is 1. The molecule has 1 fully saturated rings. The Morgan fingerprint density at radius 2 is 2.23 bits per heavy atom. The smallest absolute Gasteiger partial charge is 0.224 e. The average molecular weight is 312 g/mol. The lowest BCUT2D eigenvalue weighted by atomic mass is 9.96. The van der Waals surface area contributed by atoms with Gasteiger partial charge in [0.05, 0.1) is 12.9 Å². The lowest BCUT2D eigenvalue weighted by Crippen LogP contribution is -2.44. The topological polar surface area (TPSA) is 172 Å². The molecule has 7 N–H and O–H groups in total. The van der Waals surface area contributed by atoms with Crippen LogP contribution in [-0.4, -0.2) is 64.5 Å². The minimum absolute atomic E-state index is 0.00172. The number of hydrogen-bond donors (Lipinski definition) is 6. The predicted octanol–water partition coefficient (Wildman–Crippen LogP) is -1.79. The second kappa shape index (κ2) is 5.00. The van der Waals surface area contributed by atoms with Crippen molar-refractivity contribution in [3.8, 4) is 0 Å². The van der Waals surface area contributed by atoms with Gasteiger partial charge < -0.3 is 25.8 Å². The number of rotatable bonds is 3. The number of hydrogen-bond acceptors (Lipinski definition) is 10. The Hall–Kier alpha value is -2.05. The summed E-state index contributed by atoms with van der Waals surface area (Å²) in [6, 6.07) is 0. The molecule has 1 saturated heterocycles. The van der Waals surface area contributed by atoms with Crippen LogP contribution in [0.3, 0.4) is 0 Å². The van der Waals surface area contributed by atoms with E-state index in [0.717, 1.165) is 0 Å². The Bertz CT molecular complexity index is 704. The number of fused-ring (bicyclic) bond motifs is 1. The molecule has 1 aliphatic heterocycles. The van der Waals surface area contributed by atoms with E-state index in [2.05, 4.69) is 15.0 Å². The summed E-state index contributed by atoms with van der Waals surface area (Å²) in [5.41, 5.74) is 6.15. The van der Waals surface area contributed by atoms with E-state index in [4.69, 9.17) is 15.7 Å². The molecule has 4 atom stereocenters. The molecular formula is C11H16N6O5. The lowest BCUT2D eigenvalue weighted by Gasteiger charge is -2.27. The number of nitrogens with two attached hydrogens (primary N) is 1. The number of nitrogen functional groups attached to an aromatic ring is 1. The second-order valence-corrected chi connectivity index (χ2v) is 5.25. The predicted molar refractivity (Wildman–Crippen MR) is 72.8 cm³/mol. The summed E-state index contributed by atoms with van der Waals surface area (Å²) < 4.78 is 6.85. The summed E-state index contributed by atoms with van der Waals surface area (Å²) in [4.78, 5) is 11.8. The van der Waals surface area contributed by atoms with Crippen molar-refractivity contribution in [2.24, 2.45) is 0 Å². The molecule has 11 nitrogen and oxygen atoms in total. The molecule has 22 heavy (non-hydrogen) atoms. The first-order chi connectivity index (χ1) is 10.4. The van der Waals surface area contributed by atoms with Crippen molar-refractivity contribution in [3.63, 3.8) is 0 Å². The molecule has 0 unspecified atom stereocenters. The standard InChI is InChI=1S/C11H16N6O5/c1-11(20)6(19)4(2-18)22-9(11)17-3-13-5-7(16-21)14-10(12)15-8(5)17/h3-4,6,9,18-21H,2H2,1H3,(H3,12,14,15,16)/t4-,6-,9-,11-/m1/s1. The summed E-state index contributed by atoms with van der Waals surface area (Å²) >= 11 is 0. The molecule has 3 rings (SSSR count). The van der Waals surface area contributed by atoms with Crippen LogP contribution in [-0.2, 0) is 4.74 Å². The van der Waals surface area contributed by atoms with Crippen molar-refractivity contribution in [1.29, 1.82) is 0 Å². The van der Waals surface area contributed by atoms with Crippen molar-refractivity contribution in [2.75, 3.05) is 17.8 Å². The number of aromatic nitrogens is 4. The molecule has 3 heterocycles. The molecule has 0 radical (unpaired) electrons. The molecule has 0 aliphatic carbocycles. The fourth-order valence-electron chi connectivity index (χ4n) is 2.57. The Kier molecular flexibility index (Phi) is 3.38. The van der Waals surface area contributed by atoms with Crippen LogP contribution in [0.2, 0.25) is 0 Å². The maximum Gasteiger partial charge on any atom is 0.224 e. The zero-order valence-electron chi connectivity index (χ0n) is 11.6. The van der Waals surface area contributed by atoms with Gasteiger partial charge in [0.25, 0.3) is 0 Å². The van der Waals surface area contributed by atoms with Crippen LogP contribution in [0.25, 0.3) is 11.2 Å². The Morgan fingerprint density at radius 3 is 2.82 bits per heavy atom. The third-order valence-electron chi connectivity index (χ3n) is 3.73. The van der Waals surface area contributed by atoms with E-state index >= 15 is 0 Å². The lowest BCUT2D eigenvalue weighted by molar-refractivity contribution is -0.0950. The number of ether oxygens (including phenoxy) is 1. The molecule has 11 heteroatoms. The van der Waals surface area contributed by atoms with Gasteiger partial charge in [-0.3, -0.25) is 15.3 Å². The molecule has 120 valence electrons. The quantitative estimate of drug-likeness (QED) is 0.355. The minimum atomic E-state index is -1.69. The number of nitrogens with zero attached hydrogens (tertiary/aromatic N) is 4. The highest BCUT2D eigenvalue weighted by Crippen LogP contribution is 2.39. The monoisotopic (exact) mass is 312 g/mol. The summed E-state index contributed by atoms with van der Waals surface area (Å²) in [6.45, 7) is 0.917. The molecular weight excluding hydrogens is 296 g/mol. The van der Waals surface area contributed by atoms with E-state index in [1.54, 1.807) is 0 Å². The molecule has 0 amide bonds. The summed E-state index contributed by atoms with van der Waals surface area (Å²) in [5, 5.41) is 38.8. The number of imidazole rings is 1. The van der Waals surface area contributed by atoms with Gasteiger partial charge >= 0.3 is 0 Å². The largest absolute Gasteiger partial charge is 0.394 e. The van der Waals surface area contributed by atoms with Crippen LogP contribution in [0.1, 0.15) is 13.2 Å². The highest BCUT2D eigenvalue weighted by molar-refractivity contribution is 5.83. The van der Waals surface area contributed by atoms with Gasteiger partial charge in [0.1, 0.15) is 17.8 Å². The van der Waals surface area contributed by atoms with Gasteiger partial charge in [-0.25, -0.2) is 4.98 Å². The normalized spacial score (nSPS) is 31.8. The first-order valence-electron chi connectivity index (χ1n) is 6.47. The first kappa shape index (κ1) is 14.9. The van der Waals surface area contributed by atoms with Gasteiger partial charge in [-0.15, -0.1) is 0 Å². The van der Waals surface area contributed by atoms with Crippen LogP contribution < -0.4 is 11.2 Å². The van der Waals surface area contributed by atoms with Crippen molar-refractivity contribution in [1.82, 2.24) is 19.5 Å². The molecule has 2 aromatic heterocycles. The second-order valence-electron chi connectivity index (χ2n) is 5.25. The van der Waals surface area contributed by atoms with Gasteiger partial charge in [-0.1, -0.05) is 0 Å². The zero-order chi connectivity index (χ0) is 16.1. The maximum absolute atomic E-state index is 10.5. The van der Waals surface area contributed by atoms with Crippen LogP contribution >= 0.6 is 0 Å². The summed E-state index contributed by atoms with van der Waals surface area (Å²) in [6.07, 6.45) is -1.99. The van der Waals surface area contributed by atoms with E-state index in [9.17, 15) is 15.3 Å². The van der Waals surface area contributed by atoms with E-state index in [1.807, 2.05) is 5.48 Å². The highest BCUT2D eigenvalue weighted by Gasteiger charge is 2.53. The average Bonchev–Trinajstić information content (AvgIpc) is 2.98. The fourth-order valence-corrected chi connectivity index (χ4v) is 2.57. The molecule has 0 aromatic carbocycles. The van der Waals surface area contributed by atoms with Crippen LogP contribution in [0.4, 0.5) is 11.8 Å². The van der Waals surface area contributed by atoms with E-state index < -0.39 is 30.6 Å². The Balaban J connectivity index is 2.13. The third kappa shape index (κ3) is 1.99. The zero-order valence-corrected chi connectivity index (χ0v) is 11.6. The van der Waals surface area contributed by atoms with Crippen LogP contribution in [0.5, 0.6) is 0 Å². The molecule has 0 spiro atoms. The molecule has 0 bridgehead atoms. The van der Waals surface area contributed by atoms with Gasteiger partial charge in [-0.2, -0.15) is 9.97 Å².